The Hall–Kier alpha value is -2.93. The predicted octanol–water partition coefficient (Wildman–Crippen LogP) is 7.52. The van der Waals surface area contributed by atoms with Gasteiger partial charge in [-0.2, -0.15) is 0 Å². The summed E-state index contributed by atoms with van der Waals surface area (Å²) < 4.78 is 35.7. The molecule has 0 atom stereocenters. The smallest absolute Gasteiger partial charge is 0.201 e. The third-order valence-corrected chi connectivity index (χ3v) is 7.66. The van der Waals surface area contributed by atoms with Gasteiger partial charge in [0.1, 0.15) is 7.05 Å². The van der Waals surface area contributed by atoms with Gasteiger partial charge in [0.2, 0.25) is 5.69 Å². The van der Waals surface area contributed by atoms with E-state index in [9.17, 15) is 0 Å². The zero-order valence-corrected chi connectivity index (χ0v) is 18.9. The Morgan fingerprint density at radius 3 is 2.34 bits per heavy atom. The topological polar surface area (TPSA) is 3.88 Å². The van der Waals surface area contributed by atoms with Crippen LogP contribution in [0.2, 0.25) is 0 Å². The first-order valence-electron chi connectivity index (χ1n) is 13.8. The Balaban J connectivity index is 1.45. The van der Waals surface area contributed by atoms with Gasteiger partial charge >= 0.3 is 0 Å². The number of hydrogen-bond donors (Lipinski definition) is 0. The molecule has 160 valence electrons. The van der Waals surface area contributed by atoms with Crippen molar-refractivity contribution in [2.75, 3.05) is 0 Å². The van der Waals surface area contributed by atoms with Crippen LogP contribution in [0.1, 0.15) is 53.8 Å². The summed E-state index contributed by atoms with van der Waals surface area (Å²) in [6, 6.07) is 22.9. The summed E-state index contributed by atoms with van der Waals surface area (Å²) in [7, 11) is 1.91. The summed E-state index contributed by atoms with van der Waals surface area (Å²) in [5, 5.41) is 2.18. The average Bonchev–Trinajstić information content (AvgIpc) is 2.82. The van der Waals surface area contributed by atoms with E-state index < -0.39 is 12.7 Å². The van der Waals surface area contributed by atoms with E-state index in [0.29, 0.717) is 5.56 Å². The van der Waals surface area contributed by atoms with Gasteiger partial charge in [0.05, 0.1) is 0 Å². The van der Waals surface area contributed by atoms with Crippen molar-refractivity contribution >= 4 is 10.8 Å². The standard InChI is InChI=1S/C31H32N/c1-20-6-4-5-7-29(20)31-18-30(21(2)19-32(31)3)27-11-10-24-16-26(9-8-25(24)17-27)28-14-22-12-23(13-22)15-28/h4-11,16-19,22-23,28H,12-15H2,1-3H3/q+1/i2D3,28D. The van der Waals surface area contributed by atoms with E-state index in [2.05, 4.69) is 49.4 Å². The molecule has 2 bridgehead atoms. The van der Waals surface area contributed by atoms with Gasteiger partial charge in [-0.15, -0.1) is 0 Å². The van der Waals surface area contributed by atoms with Crippen molar-refractivity contribution in [3.63, 3.8) is 0 Å². The monoisotopic (exact) mass is 422 g/mol. The Morgan fingerprint density at radius 1 is 0.812 bits per heavy atom. The molecule has 0 spiro atoms. The Morgan fingerprint density at radius 2 is 1.56 bits per heavy atom. The van der Waals surface area contributed by atoms with E-state index in [0.717, 1.165) is 69.0 Å². The van der Waals surface area contributed by atoms with Crippen molar-refractivity contribution in [3.8, 4) is 22.4 Å². The molecule has 0 unspecified atom stereocenters. The first-order chi connectivity index (χ1) is 17.1. The lowest BCUT2D eigenvalue weighted by Crippen LogP contribution is -2.32. The highest BCUT2D eigenvalue weighted by Gasteiger charge is 2.38. The molecule has 0 aliphatic heterocycles. The van der Waals surface area contributed by atoms with E-state index in [-0.39, 0.29) is 0 Å². The molecule has 3 fully saturated rings. The van der Waals surface area contributed by atoms with Gasteiger partial charge < -0.3 is 0 Å². The third-order valence-electron chi connectivity index (χ3n) is 7.66. The van der Waals surface area contributed by atoms with Crippen LogP contribution >= 0.6 is 0 Å². The van der Waals surface area contributed by atoms with Crippen LogP contribution < -0.4 is 4.57 Å². The van der Waals surface area contributed by atoms with Crippen LogP contribution in [-0.2, 0) is 7.05 Å². The number of hydrogen-bond acceptors (Lipinski definition) is 0. The molecule has 3 aliphatic carbocycles. The van der Waals surface area contributed by atoms with Crippen molar-refractivity contribution in [1.82, 2.24) is 0 Å². The molecule has 3 aromatic carbocycles. The highest BCUT2D eigenvalue weighted by molar-refractivity contribution is 5.88. The molecular weight excluding hydrogens is 386 g/mol. The summed E-state index contributed by atoms with van der Waals surface area (Å²) in [4.78, 5) is 0. The summed E-state index contributed by atoms with van der Waals surface area (Å²) in [6.45, 7) is -0.148. The lowest BCUT2D eigenvalue weighted by atomic mass is 9.60. The molecule has 0 amide bonds. The molecule has 1 heterocycles. The largest absolute Gasteiger partial charge is 0.213 e. The van der Waals surface area contributed by atoms with Gasteiger partial charge in [-0.3, -0.25) is 0 Å². The minimum absolute atomic E-state index is 0.352. The summed E-state index contributed by atoms with van der Waals surface area (Å²) in [6.07, 6.45) is 6.32. The van der Waals surface area contributed by atoms with Crippen LogP contribution in [0.3, 0.4) is 0 Å². The van der Waals surface area contributed by atoms with Crippen molar-refractivity contribution in [1.29, 1.82) is 0 Å². The minimum Gasteiger partial charge on any atom is -0.201 e. The number of aromatic nitrogens is 1. The molecule has 0 N–H and O–H groups in total. The van der Waals surface area contributed by atoms with Crippen molar-refractivity contribution < 1.29 is 10.1 Å². The van der Waals surface area contributed by atoms with Gasteiger partial charge in [-0.1, -0.05) is 48.5 Å². The Kier molecular flexibility index (Phi) is 3.75. The maximum atomic E-state index is 9.15. The van der Waals surface area contributed by atoms with Crippen molar-refractivity contribution in [3.05, 3.63) is 89.6 Å². The van der Waals surface area contributed by atoms with Crippen LogP contribution in [0.4, 0.5) is 0 Å². The van der Waals surface area contributed by atoms with Crippen LogP contribution in [0, 0.1) is 25.6 Å². The number of nitrogens with zero attached hydrogens (tertiary/aromatic N) is 1. The molecule has 3 aliphatic rings. The van der Waals surface area contributed by atoms with Crippen LogP contribution in [0.25, 0.3) is 33.2 Å². The second-order valence-electron chi connectivity index (χ2n) is 9.90. The highest BCUT2D eigenvalue weighted by atomic mass is 14.9. The number of pyridine rings is 1. The number of aryl methyl sites for hydroxylation is 3. The highest BCUT2D eigenvalue weighted by Crippen LogP contribution is 2.51. The van der Waals surface area contributed by atoms with E-state index in [4.69, 9.17) is 5.48 Å². The number of rotatable bonds is 3. The Labute approximate surface area is 197 Å². The maximum absolute atomic E-state index is 9.15. The normalized spacial score (nSPS) is 26.6. The van der Waals surface area contributed by atoms with Gasteiger partial charge in [-0.05, 0) is 102 Å². The summed E-state index contributed by atoms with van der Waals surface area (Å²) in [5.74, 6) is 0.975. The molecule has 0 radical (unpaired) electrons. The van der Waals surface area contributed by atoms with Crippen LogP contribution in [0.5, 0.6) is 0 Å². The summed E-state index contributed by atoms with van der Waals surface area (Å²) >= 11 is 0. The minimum atomic E-state index is -2.23. The first kappa shape index (κ1) is 15.8. The maximum Gasteiger partial charge on any atom is 0.213 e. The number of fused-ring (bicyclic) bond motifs is 3. The molecule has 32 heavy (non-hydrogen) atoms. The fraction of sp³-hybridized carbons (Fsp3) is 0.323. The van der Waals surface area contributed by atoms with Crippen LogP contribution in [0.15, 0.2) is 72.9 Å². The molecule has 1 heteroatoms. The first-order valence-corrected chi connectivity index (χ1v) is 11.8. The second kappa shape index (κ2) is 7.59. The summed E-state index contributed by atoms with van der Waals surface area (Å²) in [5.41, 5.74) is 6.33. The Bertz CT molecular complexity index is 1470. The van der Waals surface area contributed by atoms with Gasteiger partial charge in [0, 0.05) is 22.7 Å². The quantitative estimate of drug-likeness (QED) is 0.301. The average molecular weight is 423 g/mol. The second-order valence-corrected chi connectivity index (χ2v) is 9.90. The van der Waals surface area contributed by atoms with E-state index >= 15 is 0 Å². The SMILES string of the molecule is [2H]C([2H])([2H])c1c[n+](C)c(-c2ccccc2C)cc1-c1ccc2cc(C3([2H])CC4CC(C4)C3)ccc2c1. The van der Waals surface area contributed by atoms with E-state index in [1.165, 1.54) is 12.8 Å². The molecule has 3 saturated carbocycles. The fourth-order valence-electron chi connectivity index (χ4n) is 5.87. The van der Waals surface area contributed by atoms with Gasteiger partial charge in [-0.25, -0.2) is 4.57 Å². The zero-order chi connectivity index (χ0) is 25.2. The molecule has 4 aromatic rings. The molecule has 7 rings (SSSR count). The molecular formula is C31H32N+. The predicted molar refractivity (Wildman–Crippen MR) is 134 cm³/mol. The molecule has 1 nitrogen and oxygen atoms in total. The van der Waals surface area contributed by atoms with Gasteiger partial charge in [0.25, 0.3) is 0 Å². The lowest BCUT2D eigenvalue weighted by molar-refractivity contribution is -0.660. The molecule has 1 aromatic heterocycles. The molecule has 0 saturated heterocycles. The lowest BCUT2D eigenvalue weighted by Gasteiger charge is -2.45. The van der Waals surface area contributed by atoms with E-state index in [1.54, 1.807) is 6.20 Å². The van der Waals surface area contributed by atoms with Crippen molar-refractivity contribution in [2.45, 2.75) is 45.4 Å². The van der Waals surface area contributed by atoms with Crippen molar-refractivity contribution in [2.24, 2.45) is 18.9 Å². The number of benzene rings is 3. The third kappa shape index (κ3) is 3.35. The van der Waals surface area contributed by atoms with Gasteiger partial charge in [0.15, 0.2) is 6.20 Å². The van der Waals surface area contributed by atoms with E-state index in [1.807, 2.05) is 35.9 Å². The van der Waals surface area contributed by atoms with Crippen LogP contribution in [-0.4, -0.2) is 0 Å². The fourth-order valence-corrected chi connectivity index (χ4v) is 5.87. The zero-order valence-electron chi connectivity index (χ0n) is 22.9.